The lowest BCUT2D eigenvalue weighted by Crippen LogP contribution is -2.40. The van der Waals surface area contributed by atoms with Crippen molar-refractivity contribution >= 4 is 11.8 Å². The summed E-state index contributed by atoms with van der Waals surface area (Å²) in [7, 11) is 0. The Kier molecular flexibility index (Phi) is 7.63. The normalized spacial score (nSPS) is 33.8. The van der Waals surface area contributed by atoms with E-state index in [1.54, 1.807) is 11.8 Å². The van der Waals surface area contributed by atoms with E-state index >= 15 is 0 Å². The van der Waals surface area contributed by atoms with E-state index in [1.165, 1.54) is 32.1 Å². The van der Waals surface area contributed by atoms with Gasteiger partial charge in [-0.1, -0.05) is 39.0 Å². The van der Waals surface area contributed by atoms with Gasteiger partial charge in [0.05, 0.1) is 11.9 Å². The first-order valence-electron chi connectivity index (χ1n) is 8.90. The number of unbranched alkanes of at least 4 members (excludes halogenated alkanes) is 5. The van der Waals surface area contributed by atoms with E-state index < -0.39 is 24.3 Å². The van der Waals surface area contributed by atoms with Gasteiger partial charge in [-0.15, -0.1) is 0 Å². The molecule has 0 unspecified atom stereocenters. The predicted octanol–water partition coefficient (Wildman–Crippen LogP) is 2.68. The molecule has 0 spiro atoms. The number of aliphatic hydroxyl groups excluding tert-OH is 2. The number of fused-ring (bicyclic) bond motifs is 1. The standard InChI is InChI=1S/C17H32O5S/c1-4-5-6-7-8-9-10-23-15-13(12(19)11-18)20-16-14(15)21-17(2,3)22-16/h12-16,18-19H,4-11H2,1-3H3/t12-,13-,14-,15+,16-/m1/s1. The summed E-state index contributed by atoms with van der Waals surface area (Å²) in [5.74, 6) is 0.366. The fourth-order valence-corrected chi connectivity index (χ4v) is 4.66. The van der Waals surface area contributed by atoms with Crippen molar-refractivity contribution in [2.24, 2.45) is 0 Å². The molecule has 0 aromatic heterocycles. The van der Waals surface area contributed by atoms with Crippen LogP contribution in [0.2, 0.25) is 0 Å². The Hall–Kier alpha value is 0.150. The molecule has 2 saturated heterocycles. The van der Waals surface area contributed by atoms with Crippen molar-refractivity contribution < 1.29 is 24.4 Å². The number of aliphatic hydroxyl groups is 2. The molecular weight excluding hydrogens is 316 g/mol. The smallest absolute Gasteiger partial charge is 0.188 e. The number of ether oxygens (including phenoxy) is 3. The van der Waals surface area contributed by atoms with Crippen molar-refractivity contribution in [2.45, 2.75) is 94.9 Å². The molecule has 0 saturated carbocycles. The topological polar surface area (TPSA) is 68.2 Å². The average molecular weight is 349 g/mol. The van der Waals surface area contributed by atoms with Gasteiger partial charge in [0, 0.05) is 0 Å². The molecule has 0 amide bonds. The van der Waals surface area contributed by atoms with E-state index in [9.17, 15) is 10.2 Å². The lowest BCUT2D eigenvalue weighted by atomic mass is 10.1. The third-order valence-corrected chi connectivity index (χ3v) is 5.85. The second kappa shape index (κ2) is 9.02. The molecule has 2 heterocycles. The van der Waals surface area contributed by atoms with Crippen LogP contribution in [0.25, 0.3) is 0 Å². The van der Waals surface area contributed by atoms with Crippen molar-refractivity contribution in [3.8, 4) is 0 Å². The van der Waals surface area contributed by atoms with Crippen LogP contribution >= 0.6 is 11.8 Å². The number of hydrogen-bond donors (Lipinski definition) is 2. The van der Waals surface area contributed by atoms with Crippen molar-refractivity contribution in [2.75, 3.05) is 12.4 Å². The van der Waals surface area contributed by atoms with Crippen LogP contribution in [0.5, 0.6) is 0 Å². The van der Waals surface area contributed by atoms with Gasteiger partial charge in [-0.3, -0.25) is 0 Å². The Morgan fingerprint density at radius 2 is 1.78 bits per heavy atom. The van der Waals surface area contributed by atoms with Gasteiger partial charge in [-0.05, 0) is 26.0 Å². The summed E-state index contributed by atoms with van der Waals surface area (Å²) >= 11 is 1.78. The van der Waals surface area contributed by atoms with Gasteiger partial charge in [0.1, 0.15) is 18.3 Å². The third kappa shape index (κ3) is 5.31. The average Bonchev–Trinajstić information content (AvgIpc) is 2.98. The first kappa shape index (κ1) is 19.5. The minimum atomic E-state index is -0.891. The van der Waals surface area contributed by atoms with Crippen LogP contribution in [0, 0.1) is 0 Å². The number of thioether (sulfide) groups is 1. The molecule has 136 valence electrons. The minimum Gasteiger partial charge on any atom is -0.394 e. The van der Waals surface area contributed by atoms with Crippen molar-refractivity contribution in [1.29, 1.82) is 0 Å². The molecule has 23 heavy (non-hydrogen) atoms. The molecule has 0 radical (unpaired) electrons. The van der Waals surface area contributed by atoms with Crippen LogP contribution < -0.4 is 0 Å². The summed E-state index contributed by atoms with van der Waals surface area (Å²) in [6, 6.07) is 0. The number of rotatable bonds is 10. The Morgan fingerprint density at radius 3 is 2.48 bits per heavy atom. The van der Waals surface area contributed by atoms with Gasteiger partial charge < -0.3 is 24.4 Å². The van der Waals surface area contributed by atoms with Crippen molar-refractivity contribution in [3.05, 3.63) is 0 Å². The lowest BCUT2D eigenvalue weighted by Gasteiger charge is -2.27. The maximum atomic E-state index is 10.0. The molecule has 0 bridgehead atoms. The highest BCUT2D eigenvalue weighted by atomic mass is 32.2. The Morgan fingerprint density at radius 1 is 1.09 bits per heavy atom. The van der Waals surface area contributed by atoms with Crippen molar-refractivity contribution in [3.63, 3.8) is 0 Å². The molecule has 2 aliphatic heterocycles. The van der Waals surface area contributed by atoms with Gasteiger partial charge in [0.15, 0.2) is 12.1 Å². The number of hydrogen-bond acceptors (Lipinski definition) is 6. The monoisotopic (exact) mass is 348 g/mol. The molecular formula is C17H32O5S. The molecule has 6 heteroatoms. The van der Waals surface area contributed by atoms with Gasteiger partial charge in [0.25, 0.3) is 0 Å². The van der Waals surface area contributed by atoms with Crippen LogP contribution in [0.15, 0.2) is 0 Å². The van der Waals surface area contributed by atoms with Crippen LogP contribution in [0.1, 0.15) is 59.3 Å². The van der Waals surface area contributed by atoms with Gasteiger partial charge in [-0.2, -0.15) is 11.8 Å². The summed E-state index contributed by atoms with van der Waals surface area (Å²) in [5.41, 5.74) is 0. The van der Waals surface area contributed by atoms with Crippen molar-refractivity contribution in [1.82, 2.24) is 0 Å². The molecule has 2 fully saturated rings. The molecule has 0 aliphatic carbocycles. The second-order valence-electron chi connectivity index (χ2n) is 6.92. The van der Waals surface area contributed by atoms with Crippen LogP contribution in [0.3, 0.4) is 0 Å². The summed E-state index contributed by atoms with van der Waals surface area (Å²) in [5, 5.41) is 19.3. The predicted molar refractivity (Wildman–Crippen MR) is 91.4 cm³/mol. The quantitative estimate of drug-likeness (QED) is 0.592. The van der Waals surface area contributed by atoms with E-state index in [4.69, 9.17) is 14.2 Å². The fourth-order valence-electron chi connectivity index (χ4n) is 3.21. The molecule has 5 nitrogen and oxygen atoms in total. The Bertz CT molecular complexity index is 352. The third-order valence-electron chi connectivity index (χ3n) is 4.40. The van der Waals surface area contributed by atoms with Crippen LogP contribution in [-0.2, 0) is 14.2 Å². The summed E-state index contributed by atoms with van der Waals surface area (Å²) in [4.78, 5) is 0. The van der Waals surface area contributed by atoms with E-state index in [0.717, 1.165) is 12.2 Å². The molecule has 0 aromatic rings. The van der Waals surface area contributed by atoms with E-state index in [1.807, 2.05) is 13.8 Å². The Labute approximate surface area is 144 Å². The van der Waals surface area contributed by atoms with Gasteiger partial charge >= 0.3 is 0 Å². The fraction of sp³-hybridized carbons (Fsp3) is 1.00. The highest BCUT2D eigenvalue weighted by Gasteiger charge is 2.56. The van der Waals surface area contributed by atoms with Gasteiger partial charge in [0.2, 0.25) is 0 Å². The summed E-state index contributed by atoms with van der Waals surface area (Å²) in [6.07, 6.45) is 5.64. The van der Waals surface area contributed by atoms with Gasteiger partial charge in [-0.25, -0.2) is 0 Å². The highest BCUT2D eigenvalue weighted by Crippen LogP contribution is 2.43. The SMILES string of the molecule is CCCCCCCCS[C@@H]1[C@H]2OC(C)(C)O[C@H]2O[C@@H]1[C@H](O)CO. The molecule has 5 atom stereocenters. The lowest BCUT2D eigenvalue weighted by molar-refractivity contribution is -0.214. The van der Waals surface area contributed by atoms with Crippen LogP contribution in [-0.4, -0.2) is 58.2 Å². The zero-order valence-electron chi connectivity index (χ0n) is 14.6. The zero-order chi connectivity index (χ0) is 16.9. The van der Waals surface area contributed by atoms with Crippen LogP contribution in [0.4, 0.5) is 0 Å². The maximum Gasteiger partial charge on any atom is 0.188 e. The van der Waals surface area contributed by atoms with E-state index in [2.05, 4.69) is 6.92 Å². The summed E-state index contributed by atoms with van der Waals surface area (Å²) in [6.45, 7) is 5.68. The minimum absolute atomic E-state index is 0.000401. The first-order chi connectivity index (χ1) is 11.0. The van der Waals surface area contributed by atoms with E-state index in [-0.39, 0.29) is 18.0 Å². The second-order valence-corrected chi connectivity index (χ2v) is 8.21. The maximum absolute atomic E-state index is 10.0. The first-order valence-corrected chi connectivity index (χ1v) is 9.95. The molecule has 0 aromatic carbocycles. The van der Waals surface area contributed by atoms with E-state index in [0.29, 0.717) is 0 Å². The zero-order valence-corrected chi connectivity index (χ0v) is 15.4. The highest BCUT2D eigenvalue weighted by molar-refractivity contribution is 8.00. The summed E-state index contributed by atoms with van der Waals surface area (Å²) < 4.78 is 17.5. The molecule has 2 aliphatic rings. The Balaban J connectivity index is 1.80. The molecule has 2 rings (SSSR count). The largest absolute Gasteiger partial charge is 0.394 e. The molecule has 2 N–H and O–H groups in total.